The first-order valence-corrected chi connectivity index (χ1v) is 6.01. The number of hydrogen-bond donors (Lipinski definition) is 0. The van der Waals surface area contributed by atoms with Crippen LogP contribution in [0.25, 0.3) is 0 Å². The maximum absolute atomic E-state index is 10.7. The van der Waals surface area contributed by atoms with Gasteiger partial charge in [-0.05, 0) is 46.3 Å². The molecule has 5 nitrogen and oxygen atoms in total. The van der Waals surface area contributed by atoms with Gasteiger partial charge in [0.1, 0.15) is 11.5 Å². The molecule has 6 heteroatoms. The molecule has 0 heterocycles. The molecule has 0 spiro atoms. The van der Waals surface area contributed by atoms with Crippen molar-refractivity contribution >= 4 is 21.6 Å². The van der Waals surface area contributed by atoms with E-state index in [1.54, 1.807) is 30.3 Å². The Morgan fingerprint density at radius 2 is 1.89 bits per heavy atom. The van der Waals surface area contributed by atoms with Crippen LogP contribution in [0.4, 0.5) is 5.69 Å². The highest BCUT2D eigenvalue weighted by Gasteiger charge is 2.11. The quantitative estimate of drug-likeness (QED) is 0.632. The minimum absolute atomic E-state index is 0.0492. The minimum atomic E-state index is -0.488. The van der Waals surface area contributed by atoms with E-state index in [1.807, 2.05) is 6.07 Å². The lowest BCUT2D eigenvalue weighted by Crippen LogP contribution is -1.90. The Morgan fingerprint density at radius 1 is 1.21 bits per heavy atom. The van der Waals surface area contributed by atoms with E-state index in [2.05, 4.69) is 15.9 Å². The molecule has 0 bridgehead atoms. The van der Waals surface area contributed by atoms with Gasteiger partial charge in [-0.1, -0.05) is 0 Å². The van der Waals surface area contributed by atoms with Crippen molar-refractivity contribution in [1.82, 2.24) is 0 Å². The van der Waals surface area contributed by atoms with Gasteiger partial charge in [-0.25, -0.2) is 0 Å². The van der Waals surface area contributed by atoms with Gasteiger partial charge < -0.3 is 4.74 Å². The summed E-state index contributed by atoms with van der Waals surface area (Å²) in [6.45, 7) is 0. The van der Waals surface area contributed by atoms with E-state index in [-0.39, 0.29) is 5.69 Å². The summed E-state index contributed by atoms with van der Waals surface area (Å²) >= 11 is 3.27. The Balaban J connectivity index is 2.29. The summed E-state index contributed by atoms with van der Waals surface area (Å²) in [6, 6.07) is 12.8. The smallest absolute Gasteiger partial charge is 0.273 e. The molecule has 2 aromatic rings. The predicted octanol–water partition coefficient (Wildman–Crippen LogP) is 4.02. The standard InChI is InChI=1S/C13H7BrN2O3/c14-12-6-3-10(16(17)18)7-13(12)19-11-4-1-9(8-15)2-5-11/h1-7H. The summed E-state index contributed by atoms with van der Waals surface area (Å²) < 4.78 is 6.15. The van der Waals surface area contributed by atoms with Gasteiger partial charge in [0.25, 0.3) is 5.69 Å². The van der Waals surface area contributed by atoms with Crippen LogP contribution < -0.4 is 4.74 Å². The number of hydrogen-bond acceptors (Lipinski definition) is 4. The highest BCUT2D eigenvalue weighted by Crippen LogP contribution is 2.32. The Labute approximate surface area is 117 Å². The second-order valence-corrected chi connectivity index (χ2v) is 4.46. The van der Waals surface area contributed by atoms with Crippen LogP contribution in [0.5, 0.6) is 11.5 Å². The predicted molar refractivity (Wildman–Crippen MR) is 72.0 cm³/mol. The van der Waals surface area contributed by atoms with E-state index in [0.717, 1.165) is 0 Å². The third kappa shape index (κ3) is 3.09. The maximum atomic E-state index is 10.7. The summed E-state index contributed by atoms with van der Waals surface area (Å²) in [7, 11) is 0. The molecule has 0 aromatic heterocycles. The molecule has 2 rings (SSSR count). The lowest BCUT2D eigenvalue weighted by atomic mass is 10.2. The van der Waals surface area contributed by atoms with Crippen LogP contribution in [0.15, 0.2) is 46.9 Å². The molecule has 94 valence electrons. The summed E-state index contributed by atoms with van der Waals surface area (Å²) in [5.41, 5.74) is 0.470. The fourth-order valence-electron chi connectivity index (χ4n) is 1.41. The lowest BCUT2D eigenvalue weighted by molar-refractivity contribution is -0.384. The van der Waals surface area contributed by atoms with E-state index in [1.165, 1.54) is 12.1 Å². The Kier molecular flexibility index (Phi) is 3.78. The molecule has 0 saturated heterocycles. The van der Waals surface area contributed by atoms with Gasteiger partial charge in [-0.2, -0.15) is 5.26 Å². The second kappa shape index (κ2) is 5.50. The first-order valence-electron chi connectivity index (χ1n) is 5.22. The number of halogens is 1. The molecule has 0 unspecified atom stereocenters. The molecule has 0 radical (unpaired) electrons. The summed E-state index contributed by atoms with van der Waals surface area (Å²) in [5.74, 6) is 0.846. The van der Waals surface area contributed by atoms with Crippen molar-refractivity contribution in [1.29, 1.82) is 5.26 Å². The molecular formula is C13H7BrN2O3. The number of benzene rings is 2. The zero-order valence-electron chi connectivity index (χ0n) is 9.54. The molecular weight excluding hydrogens is 312 g/mol. The van der Waals surface area contributed by atoms with Crippen LogP contribution in [0.3, 0.4) is 0 Å². The number of nitrogens with zero attached hydrogens (tertiary/aromatic N) is 2. The van der Waals surface area contributed by atoms with Gasteiger partial charge >= 0.3 is 0 Å². The third-order valence-corrected chi connectivity index (χ3v) is 2.99. The van der Waals surface area contributed by atoms with E-state index >= 15 is 0 Å². The van der Waals surface area contributed by atoms with Crippen molar-refractivity contribution < 1.29 is 9.66 Å². The van der Waals surface area contributed by atoms with Crippen LogP contribution in [0.1, 0.15) is 5.56 Å². The van der Waals surface area contributed by atoms with Crippen molar-refractivity contribution in [2.75, 3.05) is 0 Å². The fourth-order valence-corrected chi connectivity index (χ4v) is 1.74. The van der Waals surface area contributed by atoms with E-state index in [0.29, 0.717) is 21.5 Å². The van der Waals surface area contributed by atoms with Crippen molar-refractivity contribution in [3.05, 3.63) is 62.6 Å². The van der Waals surface area contributed by atoms with E-state index < -0.39 is 4.92 Å². The molecule has 0 saturated carbocycles. The molecule has 2 aromatic carbocycles. The van der Waals surface area contributed by atoms with Crippen LogP contribution in [0.2, 0.25) is 0 Å². The molecule has 0 N–H and O–H groups in total. The number of rotatable bonds is 3. The topological polar surface area (TPSA) is 76.2 Å². The number of nitro benzene ring substituents is 1. The fraction of sp³-hybridized carbons (Fsp3) is 0. The molecule has 0 fully saturated rings. The zero-order chi connectivity index (χ0) is 13.8. The largest absolute Gasteiger partial charge is 0.456 e. The summed E-state index contributed by atoms with van der Waals surface area (Å²) in [6.07, 6.45) is 0. The van der Waals surface area contributed by atoms with Crippen molar-refractivity contribution in [2.45, 2.75) is 0 Å². The van der Waals surface area contributed by atoms with Gasteiger partial charge in [0.2, 0.25) is 0 Å². The van der Waals surface area contributed by atoms with Crippen LogP contribution in [-0.2, 0) is 0 Å². The summed E-state index contributed by atoms with van der Waals surface area (Å²) in [5, 5.41) is 19.4. The van der Waals surface area contributed by atoms with E-state index in [9.17, 15) is 10.1 Å². The van der Waals surface area contributed by atoms with Crippen molar-refractivity contribution in [3.63, 3.8) is 0 Å². The first-order chi connectivity index (χ1) is 9.10. The monoisotopic (exact) mass is 318 g/mol. The number of nitriles is 1. The average Bonchev–Trinajstić information content (AvgIpc) is 2.42. The van der Waals surface area contributed by atoms with Gasteiger partial charge in [-0.3, -0.25) is 10.1 Å². The van der Waals surface area contributed by atoms with Gasteiger partial charge in [-0.15, -0.1) is 0 Å². The highest BCUT2D eigenvalue weighted by molar-refractivity contribution is 9.10. The van der Waals surface area contributed by atoms with Crippen LogP contribution in [-0.4, -0.2) is 4.92 Å². The highest BCUT2D eigenvalue weighted by atomic mass is 79.9. The molecule has 0 aliphatic carbocycles. The molecule has 0 amide bonds. The first kappa shape index (κ1) is 13.1. The Morgan fingerprint density at radius 3 is 2.47 bits per heavy atom. The lowest BCUT2D eigenvalue weighted by Gasteiger charge is -2.07. The maximum Gasteiger partial charge on any atom is 0.273 e. The molecule has 0 atom stereocenters. The van der Waals surface area contributed by atoms with Gasteiger partial charge in [0.05, 0.1) is 27.1 Å². The number of nitro groups is 1. The SMILES string of the molecule is N#Cc1ccc(Oc2cc([N+](=O)[O-])ccc2Br)cc1. The minimum Gasteiger partial charge on any atom is -0.456 e. The van der Waals surface area contributed by atoms with Crippen LogP contribution in [0, 0.1) is 21.4 Å². The van der Waals surface area contributed by atoms with E-state index in [4.69, 9.17) is 10.00 Å². The number of ether oxygens (including phenoxy) is 1. The molecule has 0 aliphatic rings. The average molecular weight is 319 g/mol. The van der Waals surface area contributed by atoms with Crippen molar-refractivity contribution in [3.8, 4) is 17.6 Å². The number of non-ortho nitro benzene ring substituents is 1. The van der Waals surface area contributed by atoms with Gasteiger partial charge in [0, 0.05) is 6.07 Å². The Hall–Kier alpha value is -2.39. The molecule has 0 aliphatic heterocycles. The zero-order valence-corrected chi connectivity index (χ0v) is 11.1. The second-order valence-electron chi connectivity index (χ2n) is 3.61. The van der Waals surface area contributed by atoms with Crippen molar-refractivity contribution in [2.24, 2.45) is 0 Å². The van der Waals surface area contributed by atoms with Gasteiger partial charge in [0.15, 0.2) is 0 Å². The summed E-state index contributed by atoms with van der Waals surface area (Å²) in [4.78, 5) is 10.2. The normalized spacial score (nSPS) is 9.68. The Bertz CT molecular complexity index is 663. The molecule has 19 heavy (non-hydrogen) atoms. The van der Waals surface area contributed by atoms with Crippen LogP contribution >= 0.6 is 15.9 Å². The third-order valence-electron chi connectivity index (χ3n) is 2.34.